The number of rotatable bonds is 4. The highest BCUT2D eigenvalue weighted by molar-refractivity contribution is 5.08. The topological polar surface area (TPSA) is 29.5 Å². The van der Waals surface area contributed by atoms with Gasteiger partial charge in [-0.15, -0.1) is 0 Å². The molecule has 0 bridgehead atoms. The van der Waals surface area contributed by atoms with Crippen molar-refractivity contribution in [2.75, 3.05) is 6.61 Å². The Hall–Kier alpha value is -0.340. The highest BCUT2D eigenvalue weighted by atomic mass is 16.5. The summed E-state index contributed by atoms with van der Waals surface area (Å²) in [6.45, 7) is 4.45. The van der Waals surface area contributed by atoms with Gasteiger partial charge in [-0.25, -0.2) is 0 Å². The Morgan fingerprint density at radius 3 is 2.73 bits per heavy atom. The summed E-state index contributed by atoms with van der Waals surface area (Å²) in [5, 5.41) is 9.95. The lowest BCUT2D eigenvalue weighted by Gasteiger charge is -2.18. The summed E-state index contributed by atoms with van der Waals surface area (Å²) in [5.74, 6) is 0. The number of aliphatic hydroxyl groups excluding tert-OH is 1. The van der Waals surface area contributed by atoms with Gasteiger partial charge >= 0.3 is 0 Å². The molecule has 1 aliphatic carbocycles. The van der Waals surface area contributed by atoms with Gasteiger partial charge in [0.2, 0.25) is 0 Å². The zero-order valence-electron chi connectivity index (χ0n) is 10.0. The van der Waals surface area contributed by atoms with Gasteiger partial charge in [0.15, 0.2) is 0 Å². The minimum Gasteiger partial charge on any atom is -0.386 e. The molecular weight excluding hydrogens is 188 g/mol. The standard InChI is InChI=1S/C13H24O2/c1-11(2)15-10-13(14)12-8-6-4-3-5-7-9-12/h8,11,13-14H,3-7,9-10H2,1-2H3. The normalized spacial score (nSPS) is 20.7. The number of allylic oxidation sites excluding steroid dienone is 1. The molecule has 0 amide bonds. The van der Waals surface area contributed by atoms with Crippen molar-refractivity contribution in [3.8, 4) is 0 Å². The molecule has 0 heterocycles. The van der Waals surface area contributed by atoms with Gasteiger partial charge in [0.25, 0.3) is 0 Å². The first-order chi connectivity index (χ1) is 7.20. The van der Waals surface area contributed by atoms with E-state index in [4.69, 9.17) is 4.74 Å². The van der Waals surface area contributed by atoms with Crippen LogP contribution < -0.4 is 0 Å². The Bertz CT molecular complexity index is 197. The molecule has 0 radical (unpaired) electrons. The van der Waals surface area contributed by atoms with E-state index in [9.17, 15) is 5.11 Å². The first-order valence-electron chi connectivity index (χ1n) is 6.18. The Morgan fingerprint density at radius 2 is 2.00 bits per heavy atom. The summed E-state index contributed by atoms with van der Waals surface area (Å²) in [4.78, 5) is 0. The highest BCUT2D eigenvalue weighted by Gasteiger charge is 2.12. The second kappa shape index (κ2) is 7.02. The van der Waals surface area contributed by atoms with Crippen LogP contribution in [0, 0.1) is 0 Å². The van der Waals surface area contributed by atoms with Gasteiger partial charge in [0, 0.05) is 0 Å². The van der Waals surface area contributed by atoms with Gasteiger partial charge in [-0.1, -0.05) is 18.9 Å². The summed E-state index contributed by atoms with van der Waals surface area (Å²) >= 11 is 0. The van der Waals surface area contributed by atoms with Crippen molar-refractivity contribution >= 4 is 0 Å². The number of ether oxygens (including phenoxy) is 1. The lowest BCUT2D eigenvalue weighted by Crippen LogP contribution is -2.21. The van der Waals surface area contributed by atoms with Crippen molar-refractivity contribution in [1.82, 2.24) is 0 Å². The molecular formula is C13H24O2. The Balaban J connectivity index is 2.37. The molecule has 0 aliphatic heterocycles. The van der Waals surface area contributed by atoms with E-state index >= 15 is 0 Å². The van der Waals surface area contributed by atoms with Crippen LogP contribution in [-0.2, 0) is 4.74 Å². The molecule has 2 heteroatoms. The van der Waals surface area contributed by atoms with Crippen LogP contribution in [0.25, 0.3) is 0 Å². The molecule has 1 N–H and O–H groups in total. The average Bonchev–Trinajstić information content (AvgIpc) is 2.13. The van der Waals surface area contributed by atoms with Crippen LogP contribution in [0.2, 0.25) is 0 Å². The summed E-state index contributed by atoms with van der Waals surface area (Å²) in [5.41, 5.74) is 1.19. The van der Waals surface area contributed by atoms with Crippen molar-refractivity contribution in [3.05, 3.63) is 11.6 Å². The lowest BCUT2D eigenvalue weighted by atomic mass is 9.97. The van der Waals surface area contributed by atoms with Crippen molar-refractivity contribution in [1.29, 1.82) is 0 Å². The van der Waals surface area contributed by atoms with E-state index in [2.05, 4.69) is 6.08 Å². The van der Waals surface area contributed by atoms with Crippen LogP contribution in [0.15, 0.2) is 11.6 Å². The van der Waals surface area contributed by atoms with Crippen LogP contribution in [0.4, 0.5) is 0 Å². The minimum absolute atomic E-state index is 0.203. The van der Waals surface area contributed by atoms with E-state index in [0.717, 1.165) is 12.8 Å². The summed E-state index contributed by atoms with van der Waals surface area (Å²) < 4.78 is 5.44. The first-order valence-corrected chi connectivity index (χ1v) is 6.18. The fourth-order valence-electron chi connectivity index (χ4n) is 1.91. The van der Waals surface area contributed by atoms with Crippen LogP contribution in [0.5, 0.6) is 0 Å². The van der Waals surface area contributed by atoms with Gasteiger partial charge in [-0.3, -0.25) is 0 Å². The smallest absolute Gasteiger partial charge is 0.0983 e. The maximum atomic E-state index is 9.95. The van der Waals surface area contributed by atoms with Gasteiger partial charge in [0.05, 0.1) is 18.8 Å². The van der Waals surface area contributed by atoms with Crippen LogP contribution in [0.3, 0.4) is 0 Å². The maximum absolute atomic E-state index is 9.95. The van der Waals surface area contributed by atoms with Gasteiger partial charge in [0.1, 0.15) is 0 Å². The molecule has 0 fully saturated rings. The second-order valence-corrected chi connectivity index (χ2v) is 4.63. The Labute approximate surface area is 93.3 Å². The molecule has 1 aliphatic rings. The van der Waals surface area contributed by atoms with Crippen LogP contribution >= 0.6 is 0 Å². The molecule has 1 atom stereocenters. The molecule has 0 saturated carbocycles. The molecule has 0 aromatic carbocycles. The van der Waals surface area contributed by atoms with Crippen LogP contribution in [0.1, 0.15) is 52.4 Å². The first kappa shape index (κ1) is 12.7. The predicted octanol–water partition coefficient (Wildman–Crippen LogP) is 3.05. The number of aliphatic hydroxyl groups is 1. The molecule has 0 spiro atoms. The van der Waals surface area contributed by atoms with Gasteiger partial charge < -0.3 is 9.84 Å². The van der Waals surface area contributed by atoms with Gasteiger partial charge in [-0.2, -0.15) is 0 Å². The lowest BCUT2D eigenvalue weighted by molar-refractivity contribution is 0.0184. The van der Waals surface area contributed by atoms with Gasteiger partial charge in [-0.05, 0) is 45.1 Å². The van der Waals surface area contributed by atoms with Crippen molar-refractivity contribution < 1.29 is 9.84 Å². The van der Waals surface area contributed by atoms with E-state index in [1.165, 1.54) is 31.3 Å². The third-order valence-electron chi connectivity index (χ3n) is 2.84. The largest absolute Gasteiger partial charge is 0.386 e. The third kappa shape index (κ3) is 5.33. The van der Waals surface area contributed by atoms with Crippen molar-refractivity contribution in [3.63, 3.8) is 0 Å². The number of hydrogen-bond acceptors (Lipinski definition) is 2. The Kier molecular flexibility index (Phi) is 5.96. The van der Waals surface area contributed by atoms with Crippen molar-refractivity contribution in [2.45, 2.75) is 64.6 Å². The fourth-order valence-corrected chi connectivity index (χ4v) is 1.91. The predicted molar refractivity (Wildman–Crippen MR) is 62.9 cm³/mol. The summed E-state index contributed by atoms with van der Waals surface area (Å²) in [6, 6.07) is 0. The zero-order chi connectivity index (χ0) is 11.1. The molecule has 15 heavy (non-hydrogen) atoms. The molecule has 1 rings (SSSR count). The Morgan fingerprint density at radius 1 is 1.27 bits per heavy atom. The molecule has 0 aromatic rings. The highest BCUT2D eigenvalue weighted by Crippen LogP contribution is 2.19. The summed E-state index contributed by atoms with van der Waals surface area (Å²) in [7, 11) is 0. The molecule has 0 saturated heterocycles. The molecule has 88 valence electrons. The van der Waals surface area contributed by atoms with E-state index in [1.54, 1.807) is 0 Å². The second-order valence-electron chi connectivity index (χ2n) is 4.63. The quantitative estimate of drug-likeness (QED) is 0.726. The molecule has 0 aromatic heterocycles. The molecule has 2 nitrogen and oxygen atoms in total. The number of hydrogen-bond donors (Lipinski definition) is 1. The molecule has 1 unspecified atom stereocenters. The SMILES string of the molecule is CC(C)OCC(O)C1=CCCCCCC1. The minimum atomic E-state index is -0.384. The summed E-state index contributed by atoms with van der Waals surface area (Å²) in [6.07, 6.45) is 9.31. The monoisotopic (exact) mass is 212 g/mol. The van der Waals surface area contributed by atoms with E-state index < -0.39 is 0 Å². The van der Waals surface area contributed by atoms with E-state index in [1.807, 2.05) is 13.8 Å². The third-order valence-corrected chi connectivity index (χ3v) is 2.84. The zero-order valence-corrected chi connectivity index (χ0v) is 10.0. The van der Waals surface area contributed by atoms with Crippen LogP contribution in [-0.4, -0.2) is 23.9 Å². The van der Waals surface area contributed by atoms with Crippen molar-refractivity contribution in [2.24, 2.45) is 0 Å². The van der Waals surface area contributed by atoms with E-state index in [-0.39, 0.29) is 12.2 Å². The fraction of sp³-hybridized carbons (Fsp3) is 0.846. The maximum Gasteiger partial charge on any atom is 0.0983 e. The van der Waals surface area contributed by atoms with E-state index in [0.29, 0.717) is 6.61 Å². The average molecular weight is 212 g/mol.